The van der Waals surface area contributed by atoms with Crippen molar-refractivity contribution < 1.29 is 4.79 Å². The van der Waals surface area contributed by atoms with E-state index < -0.39 is 0 Å². The molecule has 3 unspecified atom stereocenters. The SMILES string of the molecule is CC(CCN)N1CC(C2CCCN(C)C2)NC1=O. The fraction of sp³-hybridized carbons (Fsp3) is 0.923. The Bertz CT molecular complexity index is 297. The molecule has 0 saturated carbocycles. The van der Waals surface area contributed by atoms with Gasteiger partial charge in [0.1, 0.15) is 0 Å². The first kappa shape index (κ1) is 13.6. The second kappa shape index (κ2) is 5.89. The number of nitrogens with one attached hydrogen (secondary N) is 1. The van der Waals surface area contributed by atoms with E-state index in [1.165, 1.54) is 19.4 Å². The molecule has 0 aromatic rings. The third kappa shape index (κ3) is 2.95. The molecule has 2 rings (SSSR count). The van der Waals surface area contributed by atoms with E-state index in [4.69, 9.17) is 5.73 Å². The van der Waals surface area contributed by atoms with Gasteiger partial charge in [-0.25, -0.2) is 4.79 Å². The monoisotopic (exact) mass is 254 g/mol. The van der Waals surface area contributed by atoms with E-state index >= 15 is 0 Å². The standard InChI is InChI=1S/C13H26N4O/c1-10(5-6-14)17-9-12(15-13(17)18)11-4-3-7-16(2)8-11/h10-12H,3-9,14H2,1-2H3,(H,15,18). The van der Waals surface area contributed by atoms with Gasteiger partial charge in [0.15, 0.2) is 0 Å². The Hall–Kier alpha value is -0.810. The van der Waals surface area contributed by atoms with Gasteiger partial charge in [0.05, 0.1) is 6.04 Å². The minimum Gasteiger partial charge on any atom is -0.333 e. The maximum absolute atomic E-state index is 12.0. The fourth-order valence-corrected chi connectivity index (χ4v) is 3.16. The first-order valence-corrected chi connectivity index (χ1v) is 7.07. The number of amides is 2. The van der Waals surface area contributed by atoms with Crippen LogP contribution in [0.1, 0.15) is 26.2 Å². The number of nitrogens with two attached hydrogens (primary N) is 1. The summed E-state index contributed by atoms with van der Waals surface area (Å²) in [6.07, 6.45) is 3.35. The summed E-state index contributed by atoms with van der Waals surface area (Å²) in [6.45, 7) is 5.86. The fourth-order valence-electron chi connectivity index (χ4n) is 3.16. The van der Waals surface area contributed by atoms with E-state index in [0.717, 1.165) is 19.5 Å². The summed E-state index contributed by atoms with van der Waals surface area (Å²) >= 11 is 0. The summed E-state index contributed by atoms with van der Waals surface area (Å²) < 4.78 is 0. The lowest BCUT2D eigenvalue weighted by Crippen LogP contribution is -2.43. The number of piperidine rings is 1. The molecular weight excluding hydrogens is 228 g/mol. The molecule has 0 spiro atoms. The lowest BCUT2D eigenvalue weighted by Gasteiger charge is -2.33. The molecule has 2 aliphatic heterocycles. The Kier molecular flexibility index (Phi) is 4.45. The van der Waals surface area contributed by atoms with Crippen LogP contribution in [0.5, 0.6) is 0 Å². The molecule has 0 aromatic heterocycles. The van der Waals surface area contributed by atoms with E-state index in [0.29, 0.717) is 18.5 Å². The van der Waals surface area contributed by atoms with Crippen molar-refractivity contribution in [1.29, 1.82) is 0 Å². The molecule has 2 fully saturated rings. The molecule has 5 heteroatoms. The molecule has 3 atom stereocenters. The first-order chi connectivity index (χ1) is 8.61. The Morgan fingerprint density at radius 1 is 1.50 bits per heavy atom. The van der Waals surface area contributed by atoms with Gasteiger partial charge in [0.25, 0.3) is 0 Å². The van der Waals surface area contributed by atoms with Crippen LogP contribution >= 0.6 is 0 Å². The molecule has 2 saturated heterocycles. The van der Waals surface area contributed by atoms with Crippen LogP contribution < -0.4 is 11.1 Å². The van der Waals surface area contributed by atoms with Crippen molar-refractivity contribution in [3.8, 4) is 0 Å². The number of carbonyl (C=O) groups is 1. The minimum atomic E-state index is 0.0918. The van der Waals surface area contributed by atoms with Crippen LogP contribution in [0.3, 0.4) is 0 Å². The third-order valence-corrected chi connectivity index (χ3v) is 4.31. The van der Waals surface area contributed by atoms with Gasteiger partial charge in [0.2, 0.25) is 0 Å². The first-order valence-electron chi connectivity index (χ1n) is 7.07. The number of carbonyl (C=O) groups excluding carboxylic acids is 1. The minimum absolute atomic E-state index is 0.0918. The van der Waals surface area contributed by atoms with Crippen molar-refractivity contribution in [1.82, 2.24) is 15.1 Å². The van der Waals surface area contributed by atoms with Crippen LogP contribution in [0.2, 0.25) is 0 Å². The Balaban J connectivity index is 1.91. The number of hydrogen-bond donors (Lipinski definition) is 2. The summed E-state index contributed by atoms with van der Waals surface area (Å²) in [4.78, 5) is 16.3. The van der Waals surface area contributed by atoms with Crippen molar-refractivity contribution in [2.75, 3.05) is 33.2 Å². The molecule has 0 aromatic carbocycles. The van der Waals surface area contributed by atoms with E-state index in [1.54, 1.807) is 0 Å². The Labute approximate surface area is 110 Å². The van der Waals surface area contributed by atoms with Gasteiger partial charge in [-0.3, -0.25) is 0 Å². The van der Waals surface area contributed by atoms with Crippen molar-refractivity contribution in [3.05, 3.63) is 0 Å². The third-order valence-electron chi connectivity index (χ3n) is 4.31. The van der Waals surface area contributed by atoms with E-state index in [9.17, 15) is 4.79 Å². The van der Waals surface area contributed by atoms with Crippen LogP contribution in [0.4, 0.5) is 4.79 Å². The molecule has 5 nitrogen and oxygen atoms in total. The van der Waals surface area contributed by atoms with Gasteiger partial charge in [-0.05, 0) is 52.2 Å². The van der Waals surface area contributed by atoms with Crippen LogP contribution in [-0.2, 0) is 0 Å². The van der Waals surface area contributed by atoms with E-state index in [1.807, 2.05) is 4.90 Å². The average Bonchev–Trinajstić information content (AvgIpc) is 2.72. The summed E-state index contributed by atoms with van der Waals surface area (Å²) in [5, 5.41) is 3.15. The predicted molar refractivity (Wildman–Crippen MR) is 72.4 cm³/mol. The molecule has 0 bridgehead atoms. The predicted octanol–water partition coefficient (Wildman–Crippen LogP) is 0.459. The molecule has 2 heterocycles. The zero-order chi connectivity index (χ0) is 13.1. The largest absolute Gasteiger partial charge is 0.333 e. The zero-order valence-corrected chi connectivity index (χ0v) is 11.6. The molecule has 2 aliphatic rings. The molecule has 0 aliphatic carbocycles. The van der Waals surface area contributed by atoms with Crippen LogP contribution in [0, 0.1) is 5.92 Å². The summed E-state index contributed by atoms with van der Waals surface area (Å²) in [6, 6.07) is 0.663. The van der Waals surface area contributed by atoms with E-state index in [2.05, 4.69) is 24.2 Å². The van der Waals surface area contributed by atoms with Gasteiger partial charge in [-0.2, -0.15) is 0 Å². The molecule has 2 amide bonds. The number of urea groups is 1. The second-order valence-corrected chi connectivity index (χ2v) is 5.80. The highest BCUT2D eigenvalue weighted by Crippen LogP contribution is 2.23. The maximum atomic E-state index is 12.0. The summed E-state index contributed by atoms with van der Waals surface area (Å²) in [5.74, 6) is 0.600. The van der Waals surface area contributed by atoms with Crippen LogP contribution in [0.25, 0.3) is 0 Å². The topological polar surface area (TPSA) is 61.6 Å². The maximum Gasteiger partial charge on any atom is 0.317 e. The average molecular weight is 254 g/mol. The summed E-state index contributed by atoms with van der Waals surface area (Å²) in [5.41, 5.74) is 5.57. The highest BCUT2D eigenvalue weighted by atomic mass is 16.2. The van der Waals surface area contributed by atoms with Crippen LogP contribution in [0.15, 0.2) is 0 Å². The van der Waals surface area contributed by atoms with Gasteiger partial charge < -0.3 is 20.9 Å². The van der Waals surface area contributed by atoms with Crippen LogP contribution in [-0.4, -0.2) is 61.1 Å². The smallest absolute Gasteiger partial charge is 0.317 e. The van der Waals surface area contributed by atoms with Gasteiger partial charge in [-0.15, -0.1) is 0 Å². The highest BCUT2D eigenvalue weighted by molar-refractivity contribution is 5.77. The van der Waals surface area contributed by atoms with Crippen molar-refractivity contribution in [2.24, 2.45) is 11.7 Å². The number of likely N-dealkylation sites (tertiary alicyclic amines) is 1. The van der Waals surface area contributed by atoms with Crippen molar-refractivity contribution in [3.63, 3.8) is 0 Å². The molecule has 3 N–H and O–H groups in total. The number of hydrogen-bond acceptors (Lipinski definition) is 3. The quantitative estimate of drug-likeness (QED) is 0.766. The Morgan fingerprint density at radius 3 is 2.94 bits per heavy atom. The zero-order valence-electron chi connectivity index (χ0n) is 11.6. The normalized spacial score (nSPS) is 31.5. The highest BCUT2D eigenvalue weighted by Gasteiger charge is 2.37. The molecule has 0 radical (unpaired) electrons. The van der Waals surface area contributed by atoms with Gasteiger partial charge in [0, 0.05) is 19.1 Å². The van der Waals surface area contributed by atoms with Crippen molar-refractivity contribution in [2.45, 2.75) is 38.3 Å². The second-order valence-electron chi connectivity index (χ2n) is 5.80. The summed E-state index contributed by atoms with van der Waals surface area (Å²) in [7, 11) is 2.16. The number of nitrogens with zero attached hydrogens (tertiary/aromatic N) is 2. The molecular formula is C13H26N4O. The molecule has 104 valence electrons. The van der Waals surface area contributed by atoms with Gasteiger partial charge >= 0.3 is 6.03 Å². The Morgan fingerprint density at radius 2 is 2.28 bits per heavy atom. The van der Waals surface area contributed by atoms with Crippen molar-refractivity contribution >= 4 is 6.03 Å². The lowest BCUT2D eigenvalue weighted by atomic mass is 9.91. The molecule has 18 heavy (non-hydrogen) atoms. The lowest BCUT2D eigenvalue weighted by molar-refractivity contribution is 0.175. The van der Waals surface area contributed by atoms with E-state index in [-0.39, 0.29) is 12.1 Å². The van der Waals surface area contributed by atoms with Gasteiger partial charge in [-0.1, -0.05) is 0 Å². The number of rotatable bonds is 4.